The average molecular weight is 256 g/mol. The first-order valence-corrected chi connectivity index (χ1v) is 6.86. The molecule has 0 spiro atoms. The van der Waals surface area contributed by atoms with Gasteiger partial charge in [0.15, 0.2) is 9.84 Å². The van der Waals surface area contributed by atoms with E-state index in [2.05, 4.69) is 10.3 Å². The number of sulfone groups is 1. The maximum absolute atomic E-state index is 12.3. The topological polar surface area (TPSA) is 85.2 Å². The molecule has 0 N–H and O–H groups in total. The third kappa shape index (κ3) is 1.27. The van der Waals surface area contributed by atoms with Crippen LogP contribution < -0.4 is 0 Å². The number of amides is 1. The Morgan fingerprint density at radius 3 is 2.88 bits per heavy atom. The number of aromatic nitrogens is 3. The number of β-lactam (4-membered cyclic amide) rings is 1. The van der Waals surface area contributed by atoms with E-state index in [0.717, 1.165) is 0 Å². The maximum atomic E-state index is 12.3. The third-order valence-corrected chi connectivity index (χ3v) is 6.30. The van der Waals surface area contributed by atoms with Crippen molar-refractivity contribution >= 4 is 15.7 Å². The first-order chi connectivity index (χ1) is 7.94. The van der Waals surface area contributed by atoms with Crippen LogP contribution in [-0.4, -0.2) is 50.9 Å². The van der Waals surface area contributed by atoms with Gasteiger partial charge in [0.25, 0.3) is 0 Å². The van der Waals surface area contributed by atoms with Crippen LogP contribution >= 0.6 is 0 Å². The normalized spacial score (nSPS) is 34.5. The Labute approximate surface area is 98.3 Å². The molecule has 2 fully saturated rings. The van der Waals surface area contributed by atoms with Gasteiger partial charge in [-0.25, -0.2) is 8.42 Å². The van der Waals surface area contributed by atoms with Gasteiger partial charge in [-0.1, -0.05) is 5.21 Å². The third-order valence-electron chi connectivity index (χ3n) is 3.54. The second-order valence-electron chi connectivity index (χ2n) is 4.78. The Balaban J connectivity index is 1.95. The molecule has 0 unspecified atom stereocenters. The van der Waals surface area contributed by atoms with Crippen molar-refractivity contribution in [3.05, 3.63) is 12.4 Å². The summed E-state index contributed by atoms with van der Waals surface area (Å²) in [7, 11) is -3.32. The summed E-state index contributed by atoms with van der Waals surface area (Å²) in [6.45, 7) is 2.14. The van der Waals surface area contributed by atoms with E-state index in [9.17, 15) is 13.2 Å². The van der Waals surface area contributed by atoms with Gasteiger partial charge in [0.05, 0.1) is 19.2 Å². The first kappa shape index (κ1) is 10.7. The summed E-state index contributed by atoms with van der Waals surface area (Å²) in [6, 6.07) is 0. The van der Waals surface area contributed by atoms with Crippen LogP contribution in [0.3, 0.4) is 0 Å². The van der Waals surface area contributed by atoms with Gasteiger partial charge in [-0.3, -0.25) is 9.48 Å². The fourth-order valence-corrected chi connectivity index (χ4v) is 4.65. The number of fused-ring (bicyclic) bond motifs is 1. The molecule has 2 saturated heterocycles. The van der Waals surface area contributed by atoms with Crippen LogP contribution in [0.15, 0.2) is 12.4 Å². The first-order valence-electron chi connectivity index (χ1n) is 5.31. The highest BCUT2D eigenvalue weighted by Crippen LogP contribution is 2.41. The van der Waals surface area contributed by atoms with Gasteiger partial charge in [0.1, 0.15) is 10.1 Å². The highest BCUT2D eigenvalue weighted by molar-refractivity contribution is 7.93. The molecule has 2 aliphatic rings. The number of hydrogen-bond donors (Lipinski definition) is 0. The predicted octanol–water partition coefficient (Wildman–Crippen LogP) is -0.976. The van der Waals surface area contributed by atoms with E-state index in [1.165, 1.54) is 15.8 Å². The zero-order chi connectivity index (χ0) is 12.3. The van der Waals surface area contributed by atoms with E-state index in [1.54, 1.807) is 13.1 Å². The Bertz CT molecular complexity index is 567. The van der Waals surface area contributed by atoms with Crippen LogP contribution in [0.2, 0.25) is 0 Å². The second-order valence-corrected chi connectivity index (χ2v) is 7.40. The van der Waals surface area contributed by atoms with Crippen LogP contribution in [0, 0.1) is 0 Å². The summed E-state index contributed by atoms with van der Waals surface area (Å²) < 4.78 is 25.1. The molecule has 17 heavy (non-hydrogen) atoms. The average Bonchev–Trinajstić information content (AvgIpc) is 2.78. The molecule has 0 radical (unpaired) electrons. The lowest BCUT2D eigenvalue weighted by Gasteiger charge is -2.31. The van der Waals surface area contributed by atoms with E-state index in [-0.39, 0.29) is 25.4 Å². The van der Waals surface area contributed by atoms with Crippen LogP contribution in [0.4, 0.5) is 0 Å². The molecule has 92 valence electrons. The molecule has 2 aliphatic heterocycles. The molecular weight excluding hydrogens is 244 g/mol. The zero-order valence-electron chi connectivity index (χ0n) is 9.28. The smallest absolute Gasteiger partial charge is 0.226 e. The Morgan fingerprint density at radius 1 is 1.59 bits per heavy atom. The summed E-state index contributed by atoms with van der Waals surface area (Å²) >= 11 is 0. The van der Waals surface area contributed by atoms with Crippen molar-refractivity contribution in [2.24, 2.45) is 0 Å². The van der Waals surface area contributed by atoms with Gasteiger partial charge in [0, 0.05) is 12.7 Å². The highest BCUT2D eigenvalue weighted by Gasteiger charge is 2.61. The van der Waals surface area contributed by atoms with Crippen LogP contribution in [0.25, 0.3) is 0 Å². The van der Waals surface area contributed by atoms with Gasteiger partial charge in [-0.05, 0) is 6.92 Å². The summed E-state index contributed by atoms with van der Waals surface area (Å²) in [5.41, 5.74) is 0. The van der Waals surface area contributed by atoms with Crippen molar-refractivity contribution in [1.82, 2.24) is 19.9 Å². The summed E-state index contributed by atoms with van der Waals surface area (Å²) in [6.07, 6.45) is 3.25. The predicted molar refractivity (Wildman–Crippen MR) is 57.5 cm³/mol. The Kier molecular flexibility index (Phi) is 1.93. The molecule has 0 aliphatic carbocycles. The number of nitrogens with zero attached hydrogens (tertiary/aromatic N) is 4. The summed E-state index contributed by atoms with van der Waals surface area (Å²) in [5, 5.41) is 6.81. The lowest BCUT2D eigenvalue weighted by Crippen LogP contribution is -2.50. The maximum Gasteiger partial charge on any atom is 0.226 e. The van der Waals surface area contributed by atoms with Crippen LogP contribution in [0.5, 0.6) is 0 Å². The fourth-order valence-electron chi connectivity index (χ4n) is 2.47. The lowest BCUT2D eigenvalue weighted by atomic mass is 10.1. The van der Waals surface area contributed by atoms with Crippen LogP contribution in [0.1, 0.15) is 13.3 Å². The number of carbonyl (C=O) groups is 1. The number of hydrogen-bond acceptors (Lipinski definition) is 5. The van der Waals surface area contributed by atoms with Crippen LogP contribution in [-0.2, 0) is 21.2 Å². The fraction of sp³-hybridized carbons (Fsp3) is 0.667. The van der Waals surface area contributed by atoms with Crippen molar-refractivity contribution in [1.29, 1.82) is 0 Å². The minimum atomic E-state index is -3.32. The highest BCUT2D eigenvalue weighted by atomic mass is 32.2. The molecule has 2 atom stereocenters. The number of rotatable bonds is 2. The Hall–Kier alpha value is -1.44. The van der Waals surface area contributed by atoms with Crippen molar-refractivity contribution in [3.63, 3.8) is 0 Å². The van der Waals surface area contributed by atoms with E-state index in [4.69, 9.17) is 0 Å². The molecule has 1 aromatic heterocycles. The molecular formula is C9H12N4O3S. The lowest BCUT2D eigenvalue weighted by molar-refractivity contribution is -0.141. The minimum Gasteiger partial charge on any atom is -0.323 e. The van der Waals surface area contributed by atoms with Crippen molar-refractivity contribution in [2.45, 2.75) is 30.0 Å². The van der Waals surface area contributed by atoms with E-state index in [1.807, 2.05) is 0 Å². The van der Waals surface area contributed by atoms with Gasteiger partial charge < -0.3 is 4.90 Å². The van der Waals surface area contributed by atoms with E-state index in [0.29, 0.717) is 0 Å². The van der Waals surface area contributed by atoms with Gasteiger partial charge in [-0.15, -0.1) is 5.10 Å². The SMILES string of the molecule is C[C@]1(Cn2ccnn2)CN2C(=O)C[C@H]2S1(=O)=O. The van der Waals surface area contributed by atoms with Crippen molar-refractivity contribution in [2.75, 3.05) is 6.54 Å². The molecule has 0 saturated carbocycles. The monoisotopic (exact) mass is 256 g/mol. The minimum absolute atomic E-state index is 0.0825. The van der Waals surface area contributed by atoms with Gasteiger partial charge >= 0.3 is 0 Å². The molecule has 1 aromatic rings. The van der Waals surface area contributed by atoms with Crippen molar-refractivity contribution in [3.8, 4) is 0 Å². The second kappa shape index (κ2) is 3.06. The summed E-state index contributed by atoms with van der Waals surface area (Å²) in [4.78, 5) is 12.8. The molecule has 0 aromatic carbocycles. The largest absolute Gasteiger partial charge is 0.323 e. The Morgan fingerprint density at radius 2 is 2.35 bits per heavy atom. The van der Waals surface area contributed by atoms with Crippen molar-refractivity contribution < 1.29 is 13.2 Å². The van der Waals surface area contributed by atoms with Gasteiger partial charge in [-0.2, -0.15) is 0 Å². The molecule has 1 amide bonds. The summed E-state index contributed by atoms with van der Waals surface area (Å²) in [5.74, 6) is -0.0825. The van der Waals surface area contributed by atoms with Gasteiger partial charge in [0.2, 0.25) is 5.91 Å². The van der Waals surface area contributed by atoms with E-state index < -0.39 is 20.0 Å². The van der Waals surface area contributed by atoms with E-state index >= 15 is 0 Å². The molecule has 3 rings (SSSR count). The molecule has 0 bridgehead atoms. The zero-order valence-corrected chi connectivity index (χ0v) is 10.1. The molecule has 8 heteroatoms. The quantitative estimate of drug-likeness (QED) is 0.635. The molecule has 7 nitrogen and oxygen atoms in total. The molecule has 3 heterocycles. The standard InChI is InChI=1S/C9H12N4O3S/c1-9(5-12-3-2-10-11-12)6-13-7(14)4-8(13)17(9,15)16/h2-3,8H,4-6H2,1H3/t8-,9+/m1/s1. The number of carbonyl (C=O) groups excluding carboxylic acids is 1.